The van der Waals surface area contributed by atoms with Crippen LogP contribution in [0.4, 0.5) is 0 Å². The molecule has 0 aliphatic carbocycles. The summed E-state index contributed by atoms with van der Waals surface area (Å²) in [5.74, 6) is -0.499. The van der Waals surface area contributed by atoms with Gasteiger partial charge in [-0.15, -0.1) is 0 Å². The van der Waals surface area contributed by atoms with Crippen molar-refractivity contribution in [2.75, 3.05) is 0 Å². The molecule has 33 heavy (non-hydrogen) atoms. The summed E-state index contributed by atoms with van der Waals surface area (Å²) >= 11 is 0. The van der Waals surface area contributed by atoms with E-state index in [4.69, 9.17) is 5.11 Å². The van der Waals surface area contributed by atoms with Crippen molar-refractivity contribution in [3.8, 4) is 11.3 Å². The Labute approximate surface area is 193 Å². The molecule has 0 radical (unpaired) electrons. The number of H-pyrrole nitrogens is 1. The van der Waals surface area contributed by atoms with E-state index >= 15 is 0 Å². The van der Waals surface area contributed by atoms with Gasteiger partial charge >= 0.3 is 5.97 Å². The fraction of sp³-hybridized carbons (Fsp3) is 0.292. The predicted molar refractivity (Wildman–Crippen MR) is 124 cm³/mol. The molecule has 0 saturated heterocycles. The molecule has 0 amide bonds. The molecule has 0 bridgehead atoms. The SMILES string of the molecule is CC(=O)CCCCC[C@H](NS(=O)(=O)c1ccc(C(=O)O)cc1)c1ncc(-c2ccccc2)[nH]1. The summed E-state index contributed by atoms with van der Waals surface area (Å²) in [7, 11) is -3.92. The van der Waals surface area contributed by atoms with E-state index in [9.17, 15) is 18.0 Å². The average molecular weight is 470 g/mol. The number of nitrogens with one attached hydrogen (secondary N) is 2. The lowest BCUT2D eigenvalue weighted by Gasteiger charge is -2.17. The highest BCUT2D eigenvalue weighted by Gasteiger charge is 2.24. The summed E-state index contributed by atoms with van der Waals surface area (Å²) in [4.78, 5) is 29.8. The predicted octanol–water partition coefficient (Wildman–Crippen LogP) is 4.33. The van der Waals surface area contributed by atoms with Crippen LogP contribution in [0.1, 0.15) is 61.3 Å². The number of unbranched alkanes of at least 4 members (excludes halogenated alkanes) is 2. The number of carboxylic acid groups (broad SMARTS) is 1. The monoisotopic (exact) mass is 469 g/mol. The van der Waals surface area contributed by atoms with Crippen LogP contribution in [0, 0.1) is 0 Å². The van der Waals surface area contributed by atoms with Crippen molar-refractivity contribution in [3.05, 3.63) is 72.2 Å². The first-order valence-corrected chi connectivity index (χ1v) is 12.2. The number of aromatic carboxylic acids is 1. The minimum absolute atomic E-state index is 0.00880. The zero-order valence-corrected chi connectivity index (χ0v) is 19.1. The number of hydrogen-bond acceptors (Lipinski definition) is 5. The zero-order valence-electron chi connectivity index (χ0n) is 18.3. The third kappa shape index (κ3) is 6.84. The molecule has 2 aromatic carbocycles. The summed E-state index contributed by atoms with van der Waals surface area (Å²) in [6, 6.07) is 14.0. The minimum Gasteiger partial charge on any atom is -0.478 e. The molecule has 1 atom stereocenters. The van der Waals surface area contributed by atoms with E-state index in [1.807, 2.05) is 30.3 Å². The molecule has 0 aliphatic rings. The van der Waals surface area contributed by atoms with Crippen LogP contribution in [0.25, 0.3) is 11.3 Å². The van der Waals surface area contributed by atoms with Gasteiger partial charge in [0.2, 0.25) is 10.0 Å². The Morgan fingerprint density at radius 1 is 1.03 bits per heavy atom. The van der Waals surface area contributed by atoms with E-state index in [0.717, 1.165) is 24.1 Å². The summed E-state index contributed by atoms with van der Waals surface area (Å²) in [6.07, 6.45) is 4.91. The number of imidazole rings is 1. The number of carbonyl (C=O) groups is 2. The maximum atomic E-state index is 13.0. The molecule has 0 aliphatic heterocycles. The Morgan fingerprint density at radius 2 is 1.73 bits per heavy atom. The molecular weight excluding hydrogens is 442 g/mol. The van der Waals surface area contributed by atoms with Gasteiger partial charge in [-0.25, -0.2) is 22.9 Å². The summed E-state index contributed by atoms with van der Waals surface area (Å²) < 4.78 is 28.7. The number of Topliss-reactive ketones (excluding diaryl/α,β-unsaturated/α-hetero) is 1. The topological polar surface area (TPSA) is 129 Å². The van der Waals surface area contributed by atoms with Crippen LogP contribution in [0.2, 0.25) is 0 Å². The van der Waals surface area contributed by atoms with Crippen LogP contribution in [-0.4, -0.2) is 35.2 Å². The quantitative estimate of drug-likeness (QED) is 0.339. The van der Waals surface area contributed by atoms with Crippen molar-refractivity contribution < 1.29 is 23.1 Å². The van der Waals surface area contributed by atoms with E-state index < -0.39 is 22.0 Å². The molecule has 9 heteroatoms. The van der Waals surface area contributed by atoms with Crippen molar-refractivity contribution in [2.24, 2.45) is 0 Å². The first-order chi connectivity index (χ1) is 15.8. The Morgan fingerprint density at radius 3 is 2.36 bits per heavy atom. The molecule has 3 aromatic rings. The van der Waals surface area contributed by atoms with Crippen LogP contribution in [0.5, 0.6) is 0 Å². The van der Waals surface area contributed by atoms with Gasteiger partial charge in [0.1, 0.15) is 11.6 Å². The number of sulfonamides is 1. The van der Waals surface area contributed by atoms with Crippen molar-refractivity contribution in [3.63, 3.8) is 0 Å². The first kappa shape index (κ1) is 24.3. The Kier molecular flexibility index (Phi) is 8.13. The number of hydrogen-bond donors (Lipinski definition) is 3. The van der Waals surface area contributed by atoms with E-state index in [1.165, 1.54) is 24.3 Å². The first-order valence-electron chi connectivity index (χ1n) is 10.7. The molecular formula is C24H27N3O5S. The fourth-order valence-corrected chi connectivity index (χ4v) is 4.70. The van der Waals surface area contributed by atoms with E-state index in [-0.39, 0.29) is 16.2 Å². The lowest BCUT2D eigenvalue weighted by Crippen LogP contribution is -2.29. The number of ketones is 1. The van der Waals surface area contributed by atoms with Gasteiger partial charge in [-0.1, -0.05) is 43.2 Å². The number of benzene rings is 2. The van der Waals surface area contributed by atoms with Gasteiger partial charge in [0.15, 0.2) is 0 Å². The Hall–Kier alpha value is -3.30. The molecule has 1 heterocycles. The van der Waals surface area contributed by atoms with Crippen LogP contribution >= 0.6 is 0 Å². The second-order valence-corrected chi connectivity index (χ2v) is 9.57. The molecule has 8 nitrogen and oxygen atoms in total. The molecule has 1 aromatic heterocycles. The largest absolute Gasteiger partial charge is 0.478 e. The number of aromatic amines is 1. The Balaban J connectivity index is 1.80. The van der Waals surface area contributed by atoms with Crippen LogP contribution in [0.3, 0.4) is 0 Å². The minimum atomic E-state index is -3.92. The van der Waals surface area contributed by atoms with Gasteiger partial charge in [-0.2, -0.15) is 0 Å². The third-order valence-electron chi connectivity index (χ3n) is 5.24. The standard InChI is InChI=1S/C24H27N3O5S/c1-17(28)8-4-2-7-11-21(23-25-16-22(26-23)18-9-5-3-6-10-18)27-33(31,32)20-14-12-19(13-15-20)24(29)30/h3,5-6,9-10,12-16,21,27H,2,4,7-8,11H2,1H3,(H,25,26)(H,29,30)/t21-/m0/s1. The molecule has 0 spiro atoms. The molecule has 0 fully saturated rings. The molecule has 3 N–H and O–H groups in total. The van der Waals surface area contributed by atoms with Gasteiger partial charge in [-0.05, 0) is 49.6 Å². The highest BCUT2D eigenvalue weighted by Crippen LogP contribution is 2.24. The third-order valence-corrected chi connectivity index (χ3v) is 6.73. The van der Waals surface area contributed by atoms with E-state index in [2.05, 4.69) is 14.7 Å². The molecule has 174 valence electrons. The second kappa shape index (κ2) is 11.0. The number of nitrogens with zero attached hydrogens (tertiary/aromatic N) is 1. The molecule has 3 rings (SSSR count). The number of carboxylic acids is 1. The van der Waals surface area contributed by atoms with Crippen molar-refractivity contribution >= 4 is 21.8 Å². The van der Waals surface area contributed by atoms with E-state index in [0.29, 0.717) is 25.1 Å². The van der Waals surface area contributed by atoms with E-state index in [1.54, 1.807) is 13.1 Å². The van der Waals surface area contributed by atoms with Gasteiger partial charge in [0.05, 0.1) is 28.4 Å². The van der Waals surface area contributed by atoms with Crippen LogP contribution in [-0.2, 0) is 14.8 Å². The maximum absolute atomic E-state index is 13.0. The highest BCUT2D eigenvalue weighted by molar-refractivity contribution is 7.89. The fourth-order valence-electron chi connectivity index (χ4n) is 3.46. The van der Waals surface area contributed by atoms with Crippen molar-refractivity contribution in [1.29, 1.82) is 0 Å². The van der Waals surface area contributed by atoms with Gasteiger partial charge in [0.25, 0.3) is 0 Å². The molecule has 0 saturated carbocycles. The smallest absolute Gasteiger partial charge is 0.335 e. The summed E-state index contributed by atoms with van der Waals surface area (Å²) in [5.41, 5.74) is 1.72. The van der Waals surface area contributed by atoms with Gasteiger partial charge < -0.3 is 14.9 Å². The van der Waals surface area contributed by atoms with Gasteiger partial charge in [-0.3, -0.25) is 0 Å². The lowest BCUT2D eigenvalue weighted by atomic mass is 10.1. The van der Waals surface area contributed by atoms with Crippen LogP contribution in [0.15, 0.2) is 65.7 Å². The summed E-state index contributed by atoms with van der Waals surface area (Å²) in [6.45, 7) is 1.56. The normalized spacial score (nSPS) is 12.4. The maximum Gasteiger partial charge on any atom is 0.335 e. The second-order valence-electron chi connectivity index (χ2n) is 7.85. The lowest BCUT2D eigenvalue weighted by molar-refractivity contribution is -0.117. The van der Waals surface area contributed by atoms with Gasteiger partial charge in [0, 0.05) is 6.42 Å². The number of rotatable bonds is 12. The van der Waals surface area contributed by atoms with Crippen LogP contribution < -0.4 is 4.72 Å². The van der Waals surface area contributed by atoms with Crippen molar-refractivity contribution in [1.82, 2.24) is 14.7 Å². The number of aromatic nitrogens is 2. The van der Waals surface area contributed by atoms with Crippen molar-refractivity contribution in [2.45, 2.75) is 50.0 Å². The average Bonchev–Trinajstić information content (AvgIpc) is 3.29. The Bertz CT molecular complexity index is 1190. The number of carbonyl (C=O) groups excluding carboxylic acids is 1. The zero-order chi connectivity index (χ0) is 23.8. The molecule has 0 unspecified atom stereocenters. The summed E-state index contributed by atoms with van der Waals surface area (Å²) in [5, 5.41) is 9.05. The highest BCUT2D eigenvalue weighted by atomic mass is 32.2.